The molecule has 0 bridgehead atoms. The van der Waals surface area contributed by atoms with Crippen LogP contribution in [-0.4, -0.2) is 11.5 Å². The summed E-state index contributed by atoms with van der Waals surface area (Å²) in [6.07, 6.45) is 0. The Morgan fingerprint density at radius 2 is 0.971 bits per heavy atom. The highest BCUT2D eigenvalue weighted by Gasteiger charge is 2.20. The molecular weight excluding hydrogens is 426 g/mol. The fourth-order valence-corrected chi connectivity index (χ4v) is 5.86. The highest BCUT2D eigenvalue weighted by Crippen LogP contribution is 2.43. The Morgan fingerprint density at radius 1 is 0.486 bits per heavy atom. The van der Waals surface area contributed by atoms with Crippen LogP contribution < -0.4 is 4.74 Å². The van der Waals surface area contributed by atoms with E-state index in [1.165, 1.54) is 70.8 Å². The van der Waals surface area contributed by atoms with Crippen LogP contribution in [0.2, 0.25) is 0 Å². The molecule has 35 heavy (non-hydrogen) atoms. The molecule has 2 aromatic heterocycles. The number of methoxy groups -OCH3 is 1. The number of fused-ring (bicyclic) bond motifs is 8. The van der Waals surface area contributed by atoms with Crippen LogP contribution in [0.25, 0.3) is 70.8 Å². The molecule has 2 heterocycles. The summed E-state index contributed by atoms with van der Waals surface area (Å²) in [5.74, 6) is 0.874. The van der Waals surface area contributed by atoms with E-state index in [0.29, 0.717) is 0 Å². The number of benzene rings is 6. The molecule has 2 nitrogen and oxygen atoms in total. The summed E-state index contributed by atoms with van der Waals surface area (Å²) in [6, 6.07) is 39.8. The van der Waals surface area contributed by atoms with Gasteiger partial charge in [-0.1, -0.05) is 60.7 Å². The predicted molar refractivity (Wildman–Crippen MR) is 148 cm³/mol. The third-order valence-corrected chi connectivity index (χ3v) is 7.55. The Hall–Kier alpha value is -4.56. The molecule has 0 unspecified atom stereocenters. The zero-order valence-electron chi connectivity index (χ0n) is 19.2. The zero-order valence-corrected chi connectivity index (χ0v) is 19.2. The molecule has 0 amide bonds. The Morgan fingerprint density at radius 3 is 1.46 bits per heavy atom. The SMILES string of the molecule is COc1ccc(-c2cc3c4cc5ccccc5cc4n4c5cc6ccccc6cc5c(c2)c34)cc1. The van der Waals surface area contributed by atoms with Gasteiger partial charge in [0.2, 0.25) is 0 Å². The van der Waals surface area contributed by atoms with E-state index >= 15 is 0 Å². The maximum atomic E-state index is 5.40. The van der Waals surface area contributed by atoms with Crippen molar-refractivity contribution in [3.8, 4) is 16.9 Å². The van der Waals surface area contributed by atoms with Gasteiger partial charge in [-0.3, -0.25) is 0 Å². The van der Waals surface area contributed by atoms with E-state index in [0.717, 1.165) is 5.75 Å². The fraction of sp³-hybridized carbons (Fsp3) is 0.0303. The van der Waals surface area contributed by atoms with Crippen LogP contribution in [-0.2, 0) is 0 Å². The molecule has 0 aliphatic heterocycles. The molecule has 6 aromatic carbocycles. The second kappa shape index (κ2) is 6.74. The highest BCUT2D eigenvalue weighted by molar-refractivity contribution is 6.26. The van der Waals surface area contributed by atoms with E-state index in [1.807, 2.05) is 12.1 Å². The van der Waals surface area contributed by atoms with Crippen molar-refractivity contribution in [2.75, 3.05) is 7.11 Å². The van der Waals surface area contributed by atoms with Crippen LogP contribution in [0.5, 0.6) is 5.75 Å². The monoisotopic (exact) mass is 447 g/mol. The van der Waals surface area contributed by atoms with Crippen LogP contribution in [0, 0.1) is 0 Å². The molecule has 0 N–H and O–H groups in total. The van der Waals surface area contributed by atoms with Crippen molar-refractivity contribution in [1.29, 1.82) is 0 Å². The van der Waals surface area contributed by atoms with Gasteiger partial charge in [-0.15, -0.1) is 0 Å². The molecule has 0 aliphatic rings. The average molecular weight is 448 g/mol. The third-order valence-electron chi connectivity index (χ3n) is 7.55. The van der Waals surface area contributed by atoms with Crippen LogP contribution in [0.1, 0.15) is 0 Å². The molecule has 0 saturated heterocycles. The number of hydrogen-bond donors (Lipinski definition) is 0. The molecule has 0 saturated carbocycles. The van der Waals surface area contributed by atoms with Crippen molar-refractivity contribution in [1.82, 2.24) is 4.40 Å². The number of rotatable bonds is 2. The van der Waals surface area contributed by atoms with Gasteiger partial charge in [0, 0.05) is 21.5 Å². The van der Waals surface area contributed by atoms with Crippen LogP contribution in [0.3, 0.4) is 0 Å². The van der Waals surface area contributed by atoms with Gasteiger partial charge in [-0.05, 0) is 81.2 Å². The van der Waals surface area contributed by atoms with Crippen LogP contribution in [0.4, 0.5) is 0 Å². The molecular formula is C33H21NO. The summed E-state index contributed by atoms with van der Waals surface area (Å²) in [5, 5.41) is 10.3. The average Bonchev–Trinajstić information content (AvgIpc) is 3.41. The Labute approximate surface area is 201 Å². The molecule has 0 radical (unpaired) electrons. The normalized spacial score (nSPS) is 12.1. The van der Waals surface area contributed by atoms with Gasteiger partial charge in [0.25, 0.3) is 0 Å². The molecule has 2 heteroatoms. The topological polar surface area (TPSA) is 13.6 Å². The Balaban J connectivity index is 1.59. The summed E-state index contributed by atoms with van der Waals surface area (Å²) in [6.45, 7) is 0. The predicted octanol–water partition coefficient (Wildman–Crippen LogP) is 8.82. The fourth-order valence-electron chi connectivity index (χ4n) is 5.86. The summed E-state index contributed by atoms with van der Waals surface area (Å²) in [4.78, 5) is 0. The minimum absolute atomic E-state index is 0.874. The van der Waals surface area contributed by atoms with Gasteiger partial charge < -0.3 is 9.14 Å². The number of ether oxygens (including phenoxy) is 1. The zero-order chi connectivity index (χ0) is 23.1. The minimum atomic E-state index is 0.874. The third kappa shape index (κ3) is 2.54. The molecule has 0 atom stereocenters. The lowest BCUT2D eigenvalue weighted by molar-refractivity contribution is 0.415. The molecule has 8 aromatic rings. The van der Waals surface area contributed by atoms with Crippen molar-refractivity contribution in [2.24, 2.45) is 0 Å². The number of nitrogens with zero attached hydrogens (tertiary/aromatic N) is 1. The second-order valence-electron chi connectivity index (χ2n) is 9.42. The van der Waals surface area contributed by atoms with Crippen LogP contribution >= 0.6 is 0 Å². The molecule has 8 rings (SSSR count). The van der Waals surface area contributed by atoms with Gasteiger partial charge in [0.1, 0.15) is 5.75 Å². The van der Waals surface area contributed by atoms with Gasteiger partial charge >= 0.3 is 0 Å². The lowest BCUT2D eigenvalue weighted by Crippen LogP contribution is -1.83. The summed E-state index contributed by atoms with van der Waals surface area (Å²) < 4.78 is 7.88. The summed E-state index contributed by atoms with van der Waals surface area (Å²) >= 11 is 0. The van der Waals surface area contributed by atoms with Crippen molar-refractivity contribution < 1.29 is 4.74 Å². The molecule has 0 fully saturated rings. The smallest absolute Gasteiger partial charge is 0.118 e. The van der Waals surface area contributed by atoms with E-state index in [1.54, 1.807) is 7.11 Å². The van der Waals surface area contributed by atoms with E-state index < -0.39 is 0 Å². The second-order valence-corrected chi connectivity index (χ2v) is 9.42. The minimum Gasteiger partial charge on any atom is -0.497 e. The molecule has 0 aliphatic carbocycles. The van der Waals surface area contributed by atoms with Crippen molar-refractivity contribution in [3.05, 3.63) is 109 Å². The van der Waals surface area contributed by atoms with Gasteiger partial charge in [0.15, 0.2) is 0 Å². The summed E-state index contributed by atoms with van der Waals surface area (Å²) in [7, 11) is 1.71. The van der Waals surface area contributed by atoms with Gasteiger partial charge in [0.05, 0.1) is 23.7 Å². The van der Waals surface area contributed by atoms with E-state index in [2.05, 4.69) is 101 Å². The van der Waals surface area contributed by atoms with Gasteiger partial charge in [-0.2, -0.15) is 0 Å². The molecule has 0 spiro atoms. The first kappa shape index (κ1) is 18.8. The lowest BCUT2D eigenvalue weighted by Gasteiger charge is -2.06. The maximum Gasteiger partial charge on any atom is 0.118 e. The summed E-state index contributed by atoms with van der Waals surface area (Å²) in [5.41, 5.74) is 6.25. The lowest BCUT2D eigenvalue weighted by atomic mass is 9.98. The highest BCUT2D eigenvalue weighted by atomic mass is 16.5. The Kier molecular flexibility index (Phi) is 3.62. The first-order valence-electron chi connectivity index (χ1n) is 12.0. The standard InChI is InChI=1S/C33H21NO/c1-35-26-12-10-20(11-13-26)25-16-29-27-14-21-6-2-4-8-23(21)18-31(27)34-32-19-24-9-5-3-7-22(24)15-28(32)30(17-25)33(29)34/h2-19H,1H3. The Bertz CT molecular complexity index is 1960. The van der Waals surface area contributed by atoms with Gasteiger partial charge in [-0.25, -0.2) is 0 Å². The maximum absolute atomic E-state index is 5.40. The quantitative estimate of drug-likeness (QED) is 0.258. The van der Waals surface area contributed by atoms with E-state index in [-0.39, 0.29) is 0 Å². The molecule has 164 valence electrons. The van der Waals surface area contributed by atoms with E-state index in [4.69, 9.17) is 4.74 Å². The van der Waals surface area contributed by atoms with Crippen molar-refractivity contribution in [2.45, 2.75) is 0 Å². The van der Waals surface area contributed by atoms with Crippen molar-refractivity contribution in [3.63, 3.8) is 0 Å². The van der Waals surface area contributed by atoms with E-state index in [9.17, 15) is 0 Å². The van der Waals surface area contributed by atoms with Crippen LogP contribution in [0.15, 0.2) is 109 Å². The number of aromatic nitrogens is 1. The first-order chi connectivity index (χ1) is 17.3. The first-order valence-corrected chi connectivity index (χ1v) is 12.0. The van der Waals surface area contributed by atoms with Crippen molar-refractivity contribution >= 4 is 59.6 Å². The largest absolute Gasteiger partial charge is 0.497 e. The number of hydrogen-bond acceptors (Lipinski definition) is 1.